The Hall–Kier alpha value is -3.37. The molecule has 0 aliphatic carbocycles. The average molecular weight is 383 g/mol. The standard InChI is InChI=1S/C16H13F4N5O2/c1-9-13(14(23-22-9)16(18,19)20)21-15(26)12-6-7-25(24-12)8-27-11-4-2-10(17)3-5-11/h2-7H,8H2,1H3,(H,21,26)(H,22,23). The molecule has 0 saturated carbocycles. The maximum atomic E-state index is 12.9. The molecule has 0 unspecified atom stereocenters. The van der Waals surface area contributed by atoms with Crippen LogP contribution in [0.1, 0.15) is 21.9 Å². The normalized spacial score (nSPS) is 11.4. The van der Waals surface area contributed by atoms with Crippen LogP contribution in [0.5, 0.6) is 5.75 Å². The summed E-state index contributed by atoms with van der Waals surface area (Å²) in [6.07, 6.45) is -3.29. The lowest BCUT2D eigenvalue weighted by molar-refractivity contribution is -0.140. The minimum Gasteiger partial charge on any atom is -0.471 e. The highest BCUT2D eigenvalue weighted by molar-refractivity contribution is 6.03. The Bertz CT molecular complexity index is 947. The van der Waals surface area contributed by atoms with Crippen LogP contribution in [0, 0.1) is 12.7 Å². The smallest absolute Gasteiger partial charge is 0.437 e. The summed E-state index contributed by atoms with van der Waals surface area (Å²) in [5.41, 5.74) is -1.71. The van der Waals surface area contributed by atoms with Crippen molar-refractivity contribution < 1.29 is 27.1 Å². The summed E-state index contributed by atoms with van der Waals surface area (Å²) in [6.45, 7) is 1.28. The summed E-state index contributed by atoms with van der Waals surface area (Å²) < 4.78 is 58.2. The average Bonchev–Trinajstić information content (AvgIpc) is 3.21. The highest BCUT2D eigenvalue weighted by Gasteiger charge is 2.38. The molecular weight excluding hydrogens is 370 g/mol. The van der Waals surface area contributed by atoms with Crippen molar-refractivity contribution in [3.63, 3.8) is 0 Å². The Morgan fingerprint density at radius 3 is 2.63 bits per heavy atom. The van der Waals surface area contributed by atoms with Crippen molar-refractivity contribution in [2.45, 2.75) is 19.8 Å². The van der Waals surface area contributed by atoms with Crippen LogP contribution in [-0.4, -0.2) is 25.9 Å². The number of hydrogen-bond acceptors (Lipinski definition) is 4. The van der Waals surface area contributed by atoms with E-state index in [2.05, 4.69) is 20.6 Å². The van der Waals surface area contributed by atoms with Gasteiger partial charge in [-0.15, -0.1) is 0 Å². The second kappa shape index (κ2) is 7.09. The first-order chi connectivity index (χ1) is 12.7. The molecule has 0 radical (unpaired) electrons. The van der Waals surface area contributed by atoms with Crippen molar-refractivity contribution >= 4 is 11.6 Å². The number of amides is 1. The molecule has 2 N–H and O–H groups in total. The molecule has 0 aliphatic rings. The van der Waals surface area contributed by atoms with Gasteiger partial charge in [0.1, 0.15) is 11.6 Å². The number of halogens is 4. The number of aromatic nitrogens is 4. The van der Waals surface area contributed by atoms with Gasteiger partial charge in [0, 0.05) is 6.20 Å². The number of hydrogen-bond donors (Lipinski definition) is 2. The maximum Gasteiger partial charge on any atom is 0.437 e. The molecule has 0 spiro atoms. The number of rotatable bonds is 5. The second-order valence-electron chi connectivity index (χ2n) is 5.49. The van der Waals surface area contributed by atoms with Crippen molar-refractivity contribution in [2.24, 2.45) is 0 Å². The van der Waals surface area contributed by atoms with Crippen molar-refractivity contribution in [2.75, 3.05) is 5.32 Å². The number of alkyl halides is 3. The molecular formula is C16H13F4N5O2. The van der Waals surface area contributed by atoms with E-state index in [0.717, 1.165) is 0 Å². The zero-order valence-electron chi connectivity index (χ0n) is 13.8. The molecule has 0 aliphatic heterocycles. The molecule has 1 aromatic carbocycles. The minimum absolute atomic E-state index is 0.0646. The number of nitrogens with zero attached hydrogens (tertiary/aromatic N) is 3. The van der Waals surface area contributed by atoms with Gasteiger partial charge in [-0.3, -0.25) is 9.89 Å². The van der Waals surface area contributed by atoms with Crippen LogP contribution < -0.4 is 10.1 Å². The van der Waals surface area contributed by atoms with Gasteiger partial charge in [0.15, 0.2) is 18.1 Å². The number of aryl methyl sites for hydroxylation is 1. The van der Waals surface area contributed by atoms with E-state index in [1.165, 1.54) is 48.1 Å². The monoisotopic (exact) mass is 383 g/mol. The van der Waals surface area contributed by atoms with Crippen LogP contribution in [0.4, 0.5) is 23.2 Å². The Kier molecular flexibility index (Phi) is 4.84. The number of carbonyl (C=O) groups excluding carboxylic acids is 1. The number of carbonyl (C=O) groups is 1. The van der Waals surface area contributed by atoms with Gasteiger partial charge in [-0.05, 0) is 37.3 Å². The quantitative estimate of drug-likeness (QED) is 0.662. The van der Waals surface area contributed by atoms with Crippen LogP contribution >= 0.6 is 0 Å². The molecule has 27 heavy (non-hydrogen) atoms. The molecule has 3 rings (SSSR count). The predicted octanol–water partition coefficient (Wildman–Crippen LogP) is 3.36. The molecule has 0 saturated heterocycles. The van der Waals surface area contributed by atoms with Crippen molar-refractivity contribution in [3.8, 4) is 5.75 Å². The summed E-state index contributed by atoms with van der Waals surface area (Å²) in [6, 6.07) is 6.62. The fraction of sp³-hybridized carbons (Fsp3) is 0.188. The Morgan fingerprint density at radius 1 is 1.26 bits per heavy atom. The number of benzene rings is 1. The fourth-order valence-electron chi connectivity index (χ4n) is 2.19. The third-order valence-corrected chi connectivity index (χ3v) is 3.50. The van der Waals surface area contributed by atoms with Gasteiger partial charge in [0.05, 0.1) is 11.4 Å². The van der Waals surface area contributed by atoms with Gasteiger partial charge in [-0.2, -0.15) is 23.4 Å². The molecule has 0 atom stereocenters. The first-order valence-electron chi connectivity index (χ1n) is 7.59. The van der Waals surface area contributed by atoms with E-state index in [4.69, 9.17) is 4.74 Å². The first-order valence-corrected chi connectivity index (χ1v) is 7.59. The van der Waals surface area contributed by atoms with Gasteiger partial charge < -0.3 is 10.1 Å². The largest absolute Gasteiger partial charge is 0.471 e. The van der Waals surface area contributed by atoms with E-state index in [1.54, 1.807) is 0 Å². The topological polar surface area (TPSA) is 84.8 Å². The van der Waals surface area contributed by atoms with E-state index < -0.39 is 29.3 Å². The zero-order chi connectivity index (χ0) is 19.6. The summed E-state index contributed by atoms with van der Waals surface area (Å²) >= 11 is 0. The molecule has 2 heterocycles. The lowest BCUT2D eigenvalue weighted by Crippen LogP contribution is -2.17. The maximum absolute atomic E-state index is 12.9. The molecule has 7 nitrogen and oxygen atoms in total. The highest BCUT2D eigenvalue weighted by atomic mass is 19.4. The van der Waals surface area contributed by atoms with Gasteiger partial charge >= 0.3 is 6.18 Å². The Balaban J connectivity index is 1.67. The Labute approximate surface area is 149 Å². The van der Waals surface area contributed by atoms with Gasteiger partial charge in [0.25, 0.3) is 5.91 Å². The van der Waals surface area contributed by atoms with Crippen LogP contribution in [0.15, 0.2) is 36.5 Å². The SMILES string of the molecule is Cc1[nH]nc(C(F)(F)F)c1NC(=O)c1ccn(COc2ccc(F)cc2)n1. The van der Waals surface area contributed by atoms with Gasteiger partial charge in [0.2, 0.25) is 0 Å². The van der Waals surface area contributed by atoms with Gasteiger partial charge in [-0.1, -0.05) is 0 Å². The molecule has 2 aromatic heterocycles. The third kappa shape index (κ3) is 4.25. The van der Waals surface area contributed by atoms with Gasteiger partial charge in [-0.25, -0.2) is 9.07 Å². The molecule has 11 heteroatoms. The number of ether oxygens (including phenoxy) is 1. The molecule has 1 amide bonds. The van der Waals surface area contributed by atoms with Crippen molar-refractivity contribution in [3.05, 3.63) is 59.4 Å². The van der Waals surface area contributed by atoms with E-state index in [0.29, 0.717) is 5.75 Å². The summed E-state index contributed by atoms with van der Waals surface area (Å²) in [5, 5.41) is 11.5. The molecule has 142 valence electrons. The van der Waals surface area contributed by atoms with Crippen LogP contribution in [0.3, 0.4) is 0 Å². The summed E-state index contributed by atoms with van der Waals surface area (Å²) in [5.74, 6) is -0.847. The molecule has 3 aromatic rings. The lowest BCUT2D eigenvalue weighted by atomic mass is 10.2. The number of aromatic amines is 1. The van der Waals surface area contributed by atoms with E-state index in [-0.39, 0.29) is 18.1 Å². The first kappa shape index (κ1) is 18.4. The van der Waals surface area contributed by atoms with Crippen LogP contribution in [0.25, 0.3) is 0 Å². The summed E-state index contributed by atoms with van der Waals surface area (Å²) in [4.78, 5) is 12.2. The third-order valence-electron chi connectivity index (χ3n) is 3.50. The van der Waals surface area contributed by atoms with E-state index in [1.807, 2.05) is 0 Å². The van der Waals surface area contributed by atoms with E-state index >= 15 is 0 Å². The number of anilines is 1. The lowest BCUT2D eigenvalue weighted by Gasteiger charge is -2.08. The molecule has 0 bridgehead atoms. The van der Waals surface area contributed by atoms with Crippen LogP contribution in [-0.2, 0) is 12.9 Å². The Morgan fingerprint density at radius 2 is 1.96 bits per heavy atom. The predicted molar refractivity (Wildman–Crippen MR) is 85.5 cm³/mol. The zero-order valence-corrected chi connectivity index (χ0v) is 13.8. The van der Waals surface area contributed by atoms with E-state index in [9.17, 15) is 22.4 Å². The highest BCUT2D eigenvalue weighted by Crippen LogP contribution is 2.34. The second-order valence-corrected chi connectivity index (χ2v) is 5.49. The number of nitrogens with one attached hydrogen (secondary N) is 2. The molecule has 0 fully saturated rings. The fourth-order valence-corrected chi connectivity index (χ4v) is 2.19. The van der Waals surface area contributed by atoms with Crippen molar-refractivity contribution in [1.29, 1.82) is 0 Å². The van der Waals surface area contributed by atoms with Crippen molar-refractivity contribution in [1.82, 2.24) is 20.0 Å². The van der Waals surface area contributed by atoms with Crippen LogP contribution in [0.2, 0.25) is 0 Å². The number of H-pyrrole nitrogens is 1. The minimum atomic E-state index is -4.71. The summed E-state index contributed by atoms with van der Waals surface area (Å²) in [7, 11) is 0.